The molecule has 0 radical (unpaired) electrons. The van der Waals surface area contributed by atoms with E-state index in [9.17, 15) is 4.79 Å². The Hall–Kier alpha value is -1.13. The molecule has 0 spiro atoms. The number of hydrogen-bond donors (Lipinski definition) is 1. The van der Waals surface area contributed by atoms with E-state index in [-0.39, 0.29) is 0 Å². The van der Waals surface area contributed by atoms with Crippen LogP contribution in [-0.4, -0.2) is 28.6 Å². The summed E-state index contributed by atoms with van der Waals surface area (Å²) in [5, 5.41) is 10.6. The standard InChI is InChI=1S/C14H21NO2S/c1-4-11(3)15(5-2)9-13-8-12(10-18-13)6-7-14(16)17/h6-8,10-11H,4-5,9H2,1-3H3,(H,16,17). The topological polar surface area (TPSA) is 40.5 Å². The highest BCUT2D eigenvalue weighted by molar-refractivity contribution is 7.10. The van der Waals surface area contributed by atoms with Gasteiger partial charge in [-0.3, -0.25) is 4.90 Å². The Morgan fingerprint density at radius 3 is 2.83 bits per heavy atom. The highest BCUT2D eigenvalue weighted by Crippen LogP contribution is 2.19. The van der Waals surface area contributed by atoms with Crippen LogP contribution >= 0.6 is 11.3 Å². The fraction of sp³-hybridized carbons (Fsp3) is 0.500. The normalized spacial score (nSPS) is 13.3. The molecule has 0 amide bonds. The summed E-state index contributed by atoms with van der Waals surface area (Å²) in [6, 6.07) is 2.64. The van der Waals surface area contributed by atoms with Crippen molar-refractivity contribution in [3.8, 4) is 0 Å². The van der Waals surface area contributed by atoms with Crippen LogP contribution < -0.4 is 0 Å². The van der Waals surface area contributed by atoms with E-state index in [4.69, 9.17) is 5.11 Å². The third-order valence-electron chi connectivity index (χ3n) is 3.07. The van der Waals surface area contributed by atoms with E-state index in [0.717, 1.165) is 25.1 Å². The molecule has 0 aromatic carbocycles. The van der Waals surface area contributed by atoms with Gasteiger partial charge in [-0.1, -0.05) is 13.8 Å². The van der Waals surface area contributed by atoms with E-state index in [1.54, 1.807) is 17.4 Å². The Morgan fingerprint density at radius 2 is 2.28 bits per heavy atom. The summed E-state index contributed by atoms with van der Waals surface area (Å²) in [6.07, 6.45) is 3.96. The predicted octanol–water partition coefficient (Wildman–Crippen LogP) is 3.47. The van der Waals surface area contributed by atoms with Gasteiger partial charge in [0.15, 0.2) is 0 Å². The number of aliphatic carboxylic acids is 1. The lowest BCUT2D eigenvalue weighted by Gasteiger charge is -2.26. The van der Waals surface area contributed by atoms with Crippen molar-refractivity contribution in [3.05, 3.63) is 28.0 Å². The molecule has 3 nitrogen and oxygen atoms in total. The summed E-state index contributed by atoms with van der Waals surface area (Å²) in [6.45, 7) is 8.58. The molecule has 0 bridgehead atoms. The summed E-state index contributed by atoms with van der Waals surface area (Å²) in [5.74, 6) is -0.905. The Labute approximate surface area is 113 Å². The molecule has 1 unspecified atom stereocenters. The van der Waals surface area contributed by atoms with Crippen molar-refractivity contribution >= 4 is 23.4 Å². The van der Waals surface area contributed by atoms with Crippen molar-refractivity contribution < 1.29 is 9.90 Å². The molecule has 1 aromatic rings. The predicted molar refractivity (Wildman–Crippen MR) is 76.8 cm³/mol. The molecule has 0 aliphatic rings. The zero-order valence-electron chi connectivity index (χ0n) is 11.2. The van der Waals surface area contributed by atoms with Crippen LogP contribution in [0.15, 0.2) is 17.5 Å². The second-order valence-corrected chi connectivity index (χ2v) is 5.33. The first-order valence-electron chi connectivity index (χ1n) is 6.29. The molecule has 0 aliphatic heterocycles. The van der Waals surface area contributed by atoms with Gasteiger partial charge in [0.25, 0.3) is 0 Å². The van der Waals surface area contributed by atoms with Crippen LogP contribution in [-0.2, 0) is 11.3 Å². The molecule has 0 fully saturated rings. The molecule has 0 saturated heterocycles. The van der Waals surface area contributed by atoms with Crippen LogP contribution in [0.2, 0.25) is 0 Å². The van der Waals surface area contributed by atoms with E-state index in [1.807, 2.05) is 5.38 Å². The average molecular weight is 267 g/mol. The van der Waals surface area contributed by atoms with Gasteiger partial charge in [-0.25, -0.2) is 4.79 Å². The average Bonchev–Trinajstić information content (AvgIpc) is 2.80. The van der Waals surface area contributed by atoms with Gasteiger partial charge >= 0.3 is 5.97 Å². The third kappa shape index (κ3) is 4.63. The van der Waals surface area contributed by atoms with Crippen LogP contribution in [0.5, 0.6) is 0 Å². The van der Waals surface area contributed by atoms with Gasteiger partial charge in [-0.15, -0.1) is 11.3 Å². The maximum absolute atomic E-state index is 10.4. The smallest absolute Gasteiger partial charge is 0.328 e. The summed E-state index contributed by atoms with van der Waals surface area (Å²) < 4.78 is 0. The van der Waals surface area contributed by atoms with Gasteiger partial charge in [0.05, 0.1) is 0 Å². The minimum absolute atomic E-state index is 0.579. The molecule has 1 N–H and O–H groups in total. The monoisotopic (exact) mass is 267 g/mol. The number of carboxylic acids is 1. The number of carboxylic acid groups (broad SMARTS) is 1. The summed E-state index contributed by atoms with van der Waals surface area (Å²) >= 11 is 1.69. The molecule has 18 heavy (non-hydrogen) atoms. The quantitative estimate of drug-likeness (QED) is 0.769. The molecular weight excluding hydrogens is 246 g/mol. The van der Waals surface area contributed by atoms with Crippen molar-refractivity contribution in [1.82, 2.24) is 4.90 Å². The first kappa shape index (κ1) is 14.9. The Kier molecular flexibility index (Phi) is 6.09. The molecule has 1 rings (SSSR count). The Morgan fingerprint density at radius 1 is 1.56 bits per heavy atom. The van der Waals surface area contributed by atoms with Gasteiger partial charge in [0.2, 0.25) is 0 Å². The molecule has 0 aliphatic carbocycles. The third-order valence-corrected chi connectivity index (χ3v) is 4.01. The van der Waals surface area contributed by atoms with Gasteiger partial charge < -0.3 is 5.11 Å². The second-order valence-electron chi connectivity index (χ2n) is 4.34. The molecule has 1 aromatic heterocycles. The lowest BCUT2D eigenvalue weighted by molar-refractivity contribution is -0.131. The lowest BCUT2D eigenvalue weighted by Crippen LogP contribution is -2.31. The van der Waals surface area contributed by atoms with E-state index in [0.29, 0.717) is 6.04 Å². The molecular formula is C14H21NO2S. The van der Waals surface area contributed by atoms with Crippen LogP contribution in [0.4, 0.5) is 0 Å². The minimum atomic E-state index is -0.905. The van der Waals surface area contributed by atoms with Crippen molar-refractivity contribution in [1.29, 1.82) is 0 Å². The first-order valence-corrected chi connectivity index (χ1v) is 7.17. The van der Waals surface area contributed by atoms with E-state index >= 15 is 0 Å². The van der Waals surface area contributed by atoms with E-state index in [2.05, 4.69) is 31.7 Å². The highest BCUT2D eigenvalue weighted by Gasteiger charge is 2.11. The zero-order valence-corrected chi connectivity index (χ0v) is 12.0. The van der Waals surface area contributed by atoms with Crippen LogP contribution in [0.3, 0.4) is 0 Å². The summed E-state index contributed by atoms with van der Waals surface area (Å²) in [5.41, 5.74) is 0.970. The fourth-order valence-corrected chi connectivity index (χ4v) is 2.65. The number of hydrogen-bond acceptors (Lipinski definition) is 3. The molecule has 100 valence electrons. The zero-order chi connectivity index (χ0) is 13.5. The number of rotatable bonds is 7. The van der Waals surface area contributed by atoms with Crippen LogP contribution in [0.25, 0.3) is 6.08 Å². The van der Waals surface area contributed by atoms with E-state index in [1.165, 1.54) is 11.0 Å². The van der Waals surface area contributed by atoms with Crippen molar-refractivity contribution in [3.63, 3.8) is 0 Å². The Bertz CT molecular complexity index is 412. The van der Waals surface area contributed by atoms with Crippen LogP contribution in [0.1, 0.15) is 37.6 Å². The minimum Gasteiger partial charge on any atom is -0.478 e. The number of carbonyl (C=O) groups is 1. The van der Waals surface area contributed by atoms with Gasteiger partial charge in [0.1, 0.15) is 0 Å². The Balaban J connectivity index is 2.65. The maximum Gasteiger partial charge on any atom is 0.328 e. The number of nitrogens with zero attached hydrogens (tertiary/aromatic N) is 1. The molecule has 1 atom stereocenters. The van der Waals surface area contributed by atoms with Gasteiger partial charge in [0, 0.05) is 23.5 Å². The number of thiophene rings is 1. The fourth-order valence-electron chi connectivity index (χ4n) is 1.77. The second kappa shape index (κ2) is 7.34. The highest BCUT2D eigenvalue weighted by atomic mass is 32.1. The van der Waals surface area contributed by atoms with Crippen molar-refractivity contribution in [2.24, 2.45) is 0 Å². The lowest BCUT2D eigenvalue weighted by atomic mass is 10.2. The summed E-state index contributed by atoms with van der Waals surface area (Å²) in [7, 11) is 0. The molecule has 1 heterocycles. The largest absolute Gasteiger partial charge is 0.478 e. The van der Waals surface area contributed by atoms with Gasteiger partial charge in [-0.05, 0) is 43.0 Å². The van der Waals surface area contributed by atoms with Crippen molar-refractivity contribution in [2.45, 2.75) is 39.8 Å². The van der Waals surface area contributed by atoms with Gasteiger partial charge in [-0.2, -0.15) is 0 Å². The summed E-state index contributed by atoms with van der Waals surface area (Å²) in [4.78, 5) is 14.1. The SMILES string of the molecule is CCC(C)N(CC)Cc1cc(C=CC(=O)O)cs1. The first-order chi connectivity index (χ1) is 8.56. The van der Waals surface area contributed by atoms with E-state index < -0.39 is 5.97 Å². The molecule has 0 saturated carbocycles. The molecule has 4 heteroatoms. The van der Waals surface area contributed by atoms with Crippen LogP contribution in [0, 0.1) is 0 Å². The maximum atomic E-state index is 10.4. The van der Waals surface area contributed by atoms with Crippen molar-refractivity contribution in [2.75, 3.05) is 6.54 Å².